The molecule has 0 fully saturated rings. The minimum absolute atomic E-state index is 0.0140. The van der Waals surface area contributed by atoms with E-state index in [1.807, 2.05) is 0 Å². The van der Waals surface area contributed by atoms with Crippen LogP contribution in [0.5, 0.6) is 0 Å². The first-order chi connectivity index (χ1) is 8.81. The average Bonchev–Trinajstić information content (AvgIpc) is 2.34. The van der Waals surface area contributed by atoms with Crippen molar-refractivity contribution in [2.75, 3.05) is 6.26 Å². The molecule has 19 heavy (non-hydrogen) atoms. The smallest absolute Gasteiger partial charge is 0.269 e. The van der Waals surface area contributed by atoms with Crippen LogP contribution < -0.4 is 0 Å². The Balaban J connectivity index is 3.21. The van der Waals surface area contributed by atoms with Crippen LogP contribution in [-0.4, -0.2) is 35.8 Å². The summed E-state index contributed by atoms with van der Waals surface area (Å²) in [5, 5.41) is 21.6. The molecule has 0 aliphatic heterocycles. The van der Waals surface area contributed by atoms with E-state index in [1.54, 1.807) is 6.92 Å². The van der Waals surface area contributed by atoms with Crippen molar-refractivity contribution in [2.45, 2.75) is 18.6 Å². The summed E-state index contributed by atoms with van der Waals surface area (Å²) in [5.74, 6) is 0. The number of oxime groups is 1. The predicted molar refractivity (Wildman–Crippen MR) is 70.3 cm³/mol. The van der Waals surface area contributed by atoms with Crippen LogP contribution in [0.1, 0.15) is 18.9 Å². The second-order valence-electron chi connectivity index (χ2n) is 4.02. The molecule has 0 radical (unpaired) electrons. The highest BCUT2D eigenvalue weighted by Crippen LogP contribution is 2.17. The Kier molecular flexibility index (Phi) is 4.60. The number of rotatable bonds is 5. The Hall–Kier alpha value is -1.96. The van der Waals surface area contributed by atoms with E-state index in [2.05, 4.69) is 5.16 Å². The molecule has 0 unspecified atom stereocenters. The van der Waals surface area contributed by atoms with Gasteiger partial charge in [-0.2, -0.15) is 0 Å². The molecule has 0 aliphatic rings. The van der Waals surface area contributed by atoms with E-state index >= 15 is 0 Å². The lowest BCUT2D eigenvalue weighted by Gasteiger charge is -2.14. The quantitative estimate of drug-likeness (QED) is 0.382. The van der Waals surface area contributed by atoms with Gasteiger partial charge in [-0.05, 0) is 18.6 Å². The van der Waals surface area contributed by atoms with Crippen molar-refractivity contribution < 1.29 is 18.5 Å². The average molecular weight is 286 g/mol. The van der Waals surface area contributed by atoms with Crippen LogP contribution in [0.4, 0.5) is 5.69 Å². The Morgan fingerprint density at radius 2 is 1.95 bits per heavy atom. The number of hydrogen-bond donors (Lipinski definition) is 1. The fraction of sp³-hybridized carbons (Fsp3) is 0.364. The Bertz CT molecular complexity index is 592. The first-order valence-corrected chi connectivity index (χ1v) is 7.42. The molecule has 104 valence electrons. The first kappa shape index (κ1) is 15.1. The van der Waals surface area contributed by atoms with Gasteiger partial charge in [-0.15, -0.1) is 0 Å². The monoisotopic (exact) mass is 286 g/mol. The third kappa shape index (κ3) is 3.50. The van der Waals surface area contributed by atoms with Crippen molar-refractivity contribution in [1.29, 1.82) is 0 Å². The predicted octanol–water partition coefficient (Wildman–Crippen LogP) is 1.60. The zero-order chi connectivity index (χ0) is 14.6. The van der Waals surface area contributed by atoms with E-state index in [1.165, 1.54) is 24.3 Å². The maximum absolute atomic E-state index is 11.6. The first-order valence-electron chi connectivity index (χ1n) is 5.47. The number of non-ortho nitro benzene ring substituents is 1. The third-order valence-electron chi connectivity index (χ3n) is 2.67. The topological polar surface area (TPSA) is 110 Å². The summed E-state index contributed by atoms with van der Waals surface area (Å²) in [4.78, 5) is 9.97. The summed E-state index contributed by atoms with van der Waals surface area (Å²) in [5.41, 5.74) is 0.207. The second-order valence-corrected chi connectivity index (χ2v) is 6.24. The standard InChI is InChI=1S/C11H14N2O5S/c1-3-10(19(2,17)18)11(12-14)8-4-6-9(7-5-8)13(15)16/h4-7,10,14H,3H2,1-2H3/b12-11-/t10-/m0/s1. The summed E-state index contributed by atoms with van der Waals surface area (Å²) in [6.45, 7) is 1.66. The highest BCUT2D eigenvalue weighted by atomic mass is 32.2. The Morgan fingerprint density at radius 3 is 2.26 bits per heavy atom. The van der Waals surface area contributed by atoms with E-state index in [-0.39, 0.29) is 17.8 Å². The number of sulfone groups is 1. The van der Waals surface area contributed by atoms with Gasteiger partial charge in [0.25, 0.3) is 5.69 Å². The van der Waals surface area contributed by atoms with Gasteiger partial charge >= 0.3 is 0 Å². The van der Waals surface area contributed by atoms with Gasteiger partial charge in [-0.25, -0.2) is 8.42 Å². The van der Waals surface area contributed by atoms with Crippen LogP contribution in [0.3, 0.4) is 0 Å². The Morgan fingerprint density at radius 1 is 1.42 bits per heavy atom. The molecule has 1 rings (SSSR count). The van der Waals surface area contributed by atoms with Crippen molar-refractivity contribution in [3.05, 3.63) is 39.9 Å². The zero-order valence-corrected chi connectivity index (χ0v) is 11.3. The minimum Gasteiger partial charge on any atom is -0.411 e. The van der Waals surface area contributed by atoms with Gasteiger partial charge < -0.3 is 5.21 Å². The number of benzene rings is 1. The molecule has 1 aromatic rings. The minimum atomic E-state index is -3.43. The van der Waals surface area contributed by atoms with Gasteiger partial charge in [-0.1, -0.05) is 12.1 Å². The van der Waals surface area contributed by atoms with Gasteiger partial charge in [0.2, 0.25) is 0 Å². The molecule has 0 aliphatic carbocycles. The van der Waals surface area contributed by atoms with Crippen LogP contribution in [0.15, 0.2) is 29.4 Å². The van der Waals surface area contributed by atoms with E-state index in [4.69, 9.17) is 5.21 Å². The van der Waals surface area contributed by atoms with Crippen LogP contribution >= 0.6 is 0 Å². The fourth-order valence-corrected chi connectivity index (χ4v) is 2.96. The fourth-order valence-electron chi connectivity index (χ4n) is 1.76. The molecule has 0 saturated heterocycles. The van der Waals surface area contributed by atoms with Gasteiger partial charge in [0.05, 0.1) is 4.92 Å². The lowest BCUT2D eigenvalue weighted by atomic mass is 10.1. The largest absolute Gasteiger partial charge is 0.411 e. The van der Waals surface area contributed by atoms with Gasteiger partial charge in [-0.3, -0.25) is 10.1 Å². The molecule has 8 heteroatoms. The highest BCUT2D eigenvalue weighted by Gasteiger charge is 2.27. The third-order valence-corrected chi connectivity index (χ3v) is 4.26. The zero-order valence-electron chi connectivity index (χ0n) is 10.5. The van der Waals surface area contributed by atoms with Crippen LogP contribution in [0, 0.1) is 10.1 Å². The van der Waals surface area contributed by atoms with Crippen LogP contribution in [0.25, 0.3) is 0 Å². The highest BCUT2D eigenvalue weighted by molar-refractivity contribution is 7.92. The summed E-state index contributed by atoms with van der Waals surface area (Å²) in [6.07, 6.45) is 1.30. The molecule has 0 aromatic heterocycles. The Labute approximate surface area is 110 Å². The summed E-state index contributed by atoms with van der Waals surface area (Å²) >= 11 is 0. The van der Waals surface area contributed by atoms with Gasteiger partial charge in [0, 0.05) is 24.0 Å². The van der Waals surface area contributed by atoms with Crippen LogP contribution in [-0.2, 0) is 9.84 Å². The van der Waals surface area contributed by atoms with E-state index in [9.17, 15) is 18.5 Å². The second kappa shape index (κ2) is 5.79. The van der Waals surface area contributed by atoms with Gasteiger partial charge in [0.15, 0.2) is 9.84 Å². The summed E-state index contributed by atoms with van der Waals surface area (Å²) < 4.78 is 23.2. The van der Waals surface area contributed by atoms with Crippen molar-refractivity contribution in [3.63, 3.8) is 0 Å². The van der Waals surface area contributed by atoms with Crippen LogP contribution in [0.2, 0.25) is 0 Å². The van der Waals surface area contributed by atoms with Crippen molar-refractivity contribution in [1.82, 2.24) is 0 Å². The molecule has 1 atom stereocenters. The molecule has 0 amide bonds. The van der Waals surface area contributed by atoms with Gasteiger partial charge in [0.1, 0.15) is 11.0 Å². The molecule has 0 spiro atoms. The molecule has 0 heterocycles. The summed E-state index contributed by atoms with van der Waals surface area (Å²) in [7, 11) is -3.43. The molecular formula is C11H14N2O5S. The lowest BCUT2D eigenvalue weighted by molar-refractivity contribution is -0.384. The maximum atomic E-state index is 11.6. The number of nitrogens with zero attached hydrogens (tertiary/aromatic N) is 2. The van der Waals surface area contributed by atoms with Crippen molar-refractivity contribution in [2.24, 2.45) is 5.16 Å². The number of nitro benzene ring substituents is 1. The molecule has 0 bridgehead atoms. The SMILES string of the molecule is CC[C@@H](/C(=N\O)c1ccc([N+](=O)[O-])cc1)S(C)(=O)=O. The lowest BCUT2D eigenvalue weighted by Crippen LogP contribution is -2.29. The van der Waals surface area contributed by atoms with Crippen molar-refractivity contribution in [3.8, 4) is 0 Å². The molecular weight excluding hydrogens is 272 g/mol. The number of nitro groups is 1. The summed E-state index contributed by atoms with van der Waals surface area (Å²) in [6, 6.07) is 5.19. The molecule has 0 saturated carbocycles. The maximum Gasteiger partial charge on any atom is 0.269 e. The molecule has 1 N–H and O–H groups in total. The molecule has 7 nitrogen and oxygen atoms in total. The van der Waals surface area contributed by atoms with E-state index < -0.39 is 20.0 Å². The number of hydrogen-bond acceptors (Lipinski definition) is 6. The van der Waals surface area contributed by atoms with E-state index in [0.717, 1.165) is 6.26 Å². The van der Waals surface area contributed by atoms with E-state index in [0.29, 0.717) is 5.56 Å². The normalized spacial score (nSPS) is 14.1. The molecule has 1 aromatic carbocycles. The van der Waals surface area contributed by atoms with Crippen molar-refractivity contribution >= 4 is 21.2 Å².